The normalized spacial score (nSPS) is 18.1. The number of rotatable bonds is 7. The van der Waals surface area contributed by atoms with E-state index in [4.69, 9.17) is 21.1 Å². The molecule has 1 atom stereocenters. The van der Waals surface area contributed by atoms with Crippen molar-refractivity contribution >= 4 is 29.1 Å². The Morgan fingerprint density at radius 2 is 1.96 bits per heavy atom. The van der Waals surface area contributed by atoms with Crippen molar-refractivity contribution in [1.29, 1.82) is 0 Å². The van der Waals surface area contributed by atoms with Crippen molar-refractivity contribution in [2.75, 3.05) is 19.1 Å². The molecule has 28 heavy (non-hydrogen) atoms. The molecule has 146 valence electrons. The van der Waals surface area contributed by atoms with Gasteiger partial charge >= 0.3 is 0 Å². The first-order chi connectivity index (χ1) is 13.7. The van der Waals surface area contributed by atoms with E-state index in [1.165, 1.54) is 0 Å². The number of hydrogen-bond donors (Lipinski definition) is 1. The van der Waals surface area contributed by atoms with Gasteiger partial charge in [-0.3, -0.25) is 4.79 Å². The molecule has 6 heteroatoms. The highest BCUT2D eigenvalue weighted by Crippen LogP contribution is 2.38. The lowest BCUT2D eigenvalue weighted by Crippen LogP contribution is -2.23. The van der Waals surface area contributed by atoms with Gasteiger partial charge in [-0.25, -0.2) is 0 Å². The van der Waals surface area contributed by atoms with Gasteiger partial charge in [0.2, 0.25) is 6.79 Å². The van der Waals surface area contributed by atoms with Crippen LogP contribution in [0.15, 0.2) is 54.2 Å². The lowest BCUT2D eigenvalue weighted by Gasteiger charge is -2.23. The lowest BCUT2D eigenvalue weighted by atomic mass is 9.85. The third-order valence-corrected chi connectivity index (χ3v) is 6.31. The van der Waals surface area contributed by atoms with Crippen LogP contribution in [0, 0.1) is 0 Å². The minimum atomic E-state index is 0.167. The molecule has 1 aliphatic carbocycles. The molecule has 2 aromatic carbocycles. The van der Waals surface area contributed by atoms with Gasteiger partial charge in [0.25, 0.3) is 0 Å². The minimum absolute atomic E-state index is 0.167. The summed E-state index contributed by atoms with van der Waals surface area (Å²) in [6, 6.07) is 13.9. The highest BCUT2D eigenvalue weighted by Gasteiger charge is 2.24. The Balaban J connectivity index is 1.28. The topological polar surface area (TPSA) is 47.6 Å². The number of allylic oxidation sites excluding steroid dienone is 2. The maximum atomic E-state index is 12.2. The van der Waals surface area contributed by atoms with Gasteiger partial charge in [-0.15, -0.1) is 0 Å². The number of nitrogens with one attached hydrogen (secondary N) is 1. The summed E-state index contributed by atoms with van der Waals surface area (Å²) in [5, 5.41) is 4.25. The number of hydrogen-bond acceptors (Lipinski definition) is 5. The summed E-state index contributed by atoms with van der Waals surface area (Å²) in [7, 11) is 0. The van der Waals surface area contributed by atoms with Gasteiger partial charge in [-0.1, -0.05) is 35.9 Å². The molecule has 4 nitrogen and oxygen atoms in total. The van der Waals surface area contributed by atoms with Gasteiger partial charge in [0.1, 0.15) is 0 Å². The quantitative estimate of drug-likeness (QED) is 0.650. The molecule has 1 aliphatic heterocycles. The highest BCUT2D eigenvalue weighted by molar-refractivity contribution is 7.98. The summed E-state index contributed by atoms with van der Waals surface area (Å²) in [5.41, 5.74) is 3.29. The molecule has 1 heterocycles. The Bertz CT molecular complexity index is 899. The molecular weight excluding hydrogens is 394 g/mol. The van der Waals surface area contributed by atoms with Crippen LogP contribution in [0.4, 0.5) is 0 Å². The Kier molecular flexibility index (Phi) is 6.13. The summed E-state index contributed by atoms with van der Waals surface area (Å²) in [6.07, 6.45) is 3.12. The maximum Gasteiger partial charge on any atom is 0.231 e. The maximum absolute atomic E-state index is 12.2. The molecule has 0 aromatic heterocycles. The first-order valence-corrected chi connectivity index (χ1v) is 10.9. The second-order valence-electron chi connectivity index (χ2n) is 6.92. The van der Waals surface area contributed by atoms with E-state index in [-0.39, 0.29) is 18.5 Å². The van der Waals surface area contributed by atoms with Crippen LogP contribution in [0.5, 0.6) is 11.5 Å². The van der Waals surface area contributed by atoms with Crippen molar-refractivity contribution in [3.63, 3.8) is 0 Å². The molecule has 0 unspecified atom stereocenters. The molecule has 0 saturated carbocycles. The number of benzene rings is 2. The van der Waals surface area contributed by atoms with Crippen LogP contribution in [0.2, 0.25) is 5.02 Å². The molecule has 2 aromatic rings. The minimum Gasteiger partial charge on any atom is -0.454 e. The molecule has 2 aliphatic rings. The van der Waals surface area contributed by atoms with Crippen LogP contribution in [0.25, 0.3) is 0 Å². The summed E-state index contributed by atoms with van der Waals surface area (Å²) < 4.78 is 10.8. The van der Waals surface area contributed by atoms with Crippen molar-refractivity contribution in [3.8, 4) is 11.5 Å². The lowest BCUT2D eigenvalue weighted by molar-refractivity contribution is -0.115. The van der Waals surface area contributed by atoms with Crippen molar-refractivity contribution < 1.29 is 14.3 Å². The van der Waals surface area contributed by atoms with E-state index in [0.717, 1.165) is 57.8 Å². The van der Waals surface area contributed by atoms with Gasteiger partial charge < -0.3 is 14.8 Å². The summed E-state index contributed by atoms with van der Waals surface area (Å²) >= 11 is 8.02. The van der Waals surface area contributed by atoms with Gasteiger partial charge in [0.05, 0.1) is 0 Å². The van der Waals surface area contributed by atoms with E-state index < -0.39 is 0 Å². The molecular formula is C22H22ClNO3S. The van der Waals surface area contributed by atoms with Crippen molar-refractivity contribution in [2.45, 2.75) is 24.5 Å². The number of carbonyl (C=O) groups is 1. The summed E-state index contributed by atoms with van der Waals surface area (Å²) in [4.78, 5) is 12.2. The molecule has 4 rings (SSSR count). The fourth-order valence-electron chi connectivity index (χ4n) is 3.50. The third-order valence-electron chi connectivity index (χ3n) is 4.93. The number of halogens is 1. The predicted octanol–water partition coefficient (Wildman–Crippen LogP) is 4.92. The number of fused-ring (bicyclic) bond motifs is 1. The van der Waals surface area contributed by atoms with E-state index in [2.05, 4.69) is 11.4 Å². The van der Waals surface area contributed by atoms with E-state index >= 15 is 0 Å². The third kappa shape index (κ3) is 4.65. The molecule has 0 saturated heterocycles. The van der Waals surface area contributed by atoms with E-state index in [0.29, 0.717) is 6.42 Å². The number of carbonyl (C=O) groups excluding carboxylic acids is 1. The molecule has 0 spiro atoms. The Labute approximate surface area is 174 Å². The summed E-state index contributed by atoms with van der Waals surface area (Å²) in [6.45, 7) is 1.09. The molecule has 0 fully saturated rings. The molecule has 0 bridgehead atoms. The SMILES string of the molecule is O=C1C=C(NCCSCc2ccccc2Cl)C[C@H](c2ccc3c(c2)OCO3)C1. The first kappa shape index (κ1) is 19.2. The Hall–Kier alpha value is -2.11. The zero-order valence-corrected chi connectivity index (χ0v) is 17.0. The Morgan fingerprint density at radius 1 is 1.11 bits per heavy atom. The van der Waals surface area contributed by atoms with Crippen molar-refractivity contribution in [2.24, 2.45) is 0 Å². The number of thioether (sulfide) groups is 1. The van der Waals surface area contributed by atoms with Gasteiger partial charge in [0, 0.05) is 41.3 Å². The fourth-order valence-corrected chi connectivity index (χ4v) is 4.64. The highest BCUT2D eigenvalue weighted by atomic mass is 35.5. The van der Waals surface area contributed by atoms with Crippen LogP contribution in [-0.2, 0) is 10.5 Å². The van der Waals surface area contributed by atoms with E-state index in [1.54, 1.807) is 6.08 Å². The summed E-state index contributed by atoms with van der Waals surface area (Å²) in [5.74, 6) is 3.72. The van der Waals surface area contributed by atoms with Gasteiger partial charge in [0.15, 0.2) is 17.3 Å². The van der Waals surface area contributed by atoms with Crippen LogP contribution >= 0.6 is 23.4 Å². The second kappa shape index (κ2) is 8.93. The second-order valence-corrected chi connectivity index (χ2v) is 8.44. The monoisotopic (exact) mass is 415 g/mol. The smallest absolute Gasteiger partial charge is 0.231 e. The fraction of sp³-hybridized carbons (Fsp3) is 0.318. The average Bonchev–Trinajstić information content (AvgIpc) is 3.16. The van der Waals surface area contributed by atoms with Gasteiger partial charge in [-0.05, 0) is 41.7 Å². The van der Waals surface area contributed by atoms with Crippen LogP contribution < -0.4 is 14.8 Å². The molecule has 1 N–H and O–H groups in total. The molecule has 0 amide bonds. The zero-order chi connectivity index (χ0) is 19.3. The van der Waals surface area contributed by atoms with E-state index in [1.807, 2.05) is 48.2 Å². The van der Waals surface area contributed by atoms with Crippen LogP contribution in [0.1, 0.15) is 29.9 Å². The van der Waals surface area contributed by atoms with E-state index in [9.17, 15) is 4.79 Å². The molecule has 0 radical (unpaired) electrons. The first-order valence-electron chi connectivity index (χ1n) is 9.37. The number of ether oxygens (including phenoxy) is 2. The Morgan fingerprint density at radius 3 is 2.86 bits per heavy atom. The predicted molar refractivity (Wildman–Crippen MR) is 113 cm³/mol. The van der Waals surface area contributed by atoms with Gasteiger partial charge in [-0.2, -0.15) is 11.8 Å². The van der Waals surface area contributed by atoms with Crippen molar-refractivity contribution in [3.05, 3.63) is 70.4 Å². The average molecular weight is 416 g/mol. The van der Waals surface area contributed by atoms with Crippen molar-refractivity contribution in [1.82, 2.24) is 5.32 Å². The largest absolute Gasteiger partial charge is 0.454 e. The standard InChI is InChI=1S/C22H22ClNO3S/c23-20-4-2-1-3-16(20)13-28-8-7-24-18-9-17(10-19(25)12-18)15-5-6-21-22(11-15)27-14-26-21/h1-6,11-12,17,24H,7-10,13-14H2/t17-/m0/s1. The van der Waals surface area contributed by atoms with Crippen LogP contribution in [-0.4, -0.2) is 24.9 Å². The number of ketones is 1. The zero-order valence-electron chi connectivity index (χ0n) is 15.4. The van der Waals surface area contributed by atoms with Crippen LogP contribution in [0.3, 0.4) is 0 Å².